The summed E-state index contributed by atoms with van der Waals surface area (Å²) in [5.41, 5.74) is 0. The molecule has 3 heteroatoms. The average Bonchev–Trinajstić information content (AvgIpc) is 1.64. The van der Waals surface area contributed by atoms with Gasteiger partial charge < -0.3 is 15.1 Å². The Morgan fingerprint density at radius 1 is 1.38 bits per heavy atom. The summed E-state index contributed by atoms with van der Waals surface area (Å²) in [6, 6.07) is 0. The molecule has 0 unspecified atom stereocenters. The molecule has 3 nitrogen and oxygen atoms in total. The van der Waals surface area contributed by atoms with Gasteiger partial charge in [-0.3, -0.25) is 0 Å². The molecule has 0 saturated carbocycles. The quantitative estimate of drug-likeness (QED) is 0.385. The Morgan fingerprint density at radius 2 is 1.75 bits per heavy atom. The van der Waals surface area contributed by atoms with Crippen molar-refractivity contribution in [2.45, 2.75) is 0 Å². The summed E-state index contributed by atoms with van der Waals surface area (Å²) in [5.74, 6) is 0. The van der Waals surface area contributed by atoms with Crippen LogP contribution in [-0.4, -0.2) is 43.6 Å². The van der Waals surface area contributed by atoms with Crippen LogP contribution in [0.15, 0.2) is 0 Å². The van der Waals surface area contributed by atoms with E-state index in [-0.39, 0.29) is 18.1 Å². The molecule has 0 aliphatic carbocycles. The second kappa shape index (κ2) is 5.03. The second-order valence-electron chi connectivity index (χ2n) is 1.75. The van der Waals surface area contributed by atoms with Crippen LogP contribution < -0.4 is 4.89 Å². The van der Waals surface area contributed by atoms with E-state index in [1.54, 1.807) is 7.05 Å². The van der Waals surface area contributed by atoms with Gasteiger partial charge in [-0.1, -0.05) is 0 Å². The highest BCUT2D eigenvalue weighted by atomic mass is 16.3. The fourth-order valence-electron chi connectivity index (χ4n) is 0.453. The Labute approximate surface area is 51.0 Å². The molecule has 0 bridgehead atoms. The fourth-order valence-corrected chi connectivity index (χ4v) is 0.453. The number of hydrogen-bond donors (Lipinski definition) is 3. The van der Waals surface area contributed by atoms with Crippen LogP contribution in [0.25, 0.3) is 0 Å². The van der Waals surface area contributed by atoms with E-state index in [0.717, 1.165) is 0 Å². The van der Waals surface area contributed by atoms with Crippen molar-refractivity contribution >= 4 is 0 Å². The Hall–Kier alpha value is -0.120. The molecule has 0 atom stereocenters. The van der Waals surface area contributed by atoms with Crippen molar-refractivity contribution in [1.29, 1.82) is 0 Å². The van der Waals surface area contributed by atoms with Crippen LogP contribution >= 0.6 is 0 Å². The van der Waals surface area contributed by atoms with Crippen molar-refractivity contribution in [2.75, 3.05) is 33.4 Å². The summed E-state index contributed by atoms with van der Waals surface area (Å²) in [6.45, 7) is 0.751. The van der Waals surface area contributed by atoms with Gasteiger partial charge in [0.2, 0.25) is 0 Å². The summed E-state index contributed by atoms with van der Waals surface area (Å²) in [7, 11) is 1.65. The molecule has 0 amide bonds. The minimum Gasteiger partial charge on any atom is -0.391 e. The van der Waals surface area contributed by atoms with Gasteiger partial charge in [0.15, 0.2) is 0 Å². The van der Waals surface area contributed by atoms with Crippen molar-refractivity contribution in [3.63, 3.8) is 0 Å². The SMILES string of the molecule is [3H][N+](C)(CCO)CCO. The number of rotatable bonds is 4. The number of likely N-dealkylation sites (N-methyl/N-ethyl adjacent to an activating group) is 1. The monoisotopic (exact) mass is 122 g/mol. The Balaban J connectivity index is 3.43. The fraction of sp³-hybridized carbons (Fsp3) is 1.00. The molecule has 0 saturated heterocycles. The minimum atomic E-state index is -0.0625. The first kappa shape index (κ1) is 6.01. The standard InChI is InChI=1S/C5H13NO2/c1-6(2-4-7)3-5-8/h7-8H,2-5H2,1H3/p+1/i/hT. The second-order valence-corrected chi connectivity index (χ2v) is 1.75. The van der Waals surface area contributed by atoms with E-state index in [4.69, 9.17) is 11.6 Å². The van der Waals surface area contributed by atoms with Crippen molar-refractivity contribution < 1.29 is 16.5 Å². The first-order valence-corrected chi connectivity index (χ1v) is 2.71. The third-order valence-corrected chi connectivity index (χ3v) is 0.963. The highest BCUT2D eigenvalue weighted by molar-refractivity contribution is 4.20. The lowest BCUT2D eigenvalue weighted by atomic mass is 10.5. The third kappa shape index (κ3) is 4.05. The van der Waals surface area contributed by atoms with E-state index in [1.165, 1.54) is 0 Å². The van der Waals surface area contributed by atoms with E-state index < -0.39 is 0 Å². The zero-order chi connectivity index (χ0) is 7.33. The van der Waals surface area contributed by atoms with Gasteiger partial charge in [0.05, 0.1) is 20.3 Å². The van der Waals surface area contributed by atoms with Gasteiger partial charge in [-0.15, -0.1) is 0 Å². The molecule has 0 aliphatic heterocycles. The molecule has 0 radical (unpaired) electrons. The van der Waals surface area contributed by atoms with Gasteiger partial charge in [0.25, 0.3) is 0 Å². The summed E-state index contributed by atoms with van der Waals surface area (Å²) in [6.07, 6.45) is 0. The predicted molar refractivity (Wildman–Crippen MR) is 30.8 cm³/mol. The van der Waals surface area contributed by atoms with Crippen molar-refractivity contribution in [3.05, 3.63) is 0 Å². The molecule has 0 spiro atoms. The van der Waals surface area contributed by atoms with Crippen molar-refractivity contribution in [2.24, 2.45) is 0 Å². The number of nitrogens with one attached hydrogen (secondary N) is 1. The zero-order valence-corrected chi connectivity index (χ0v) is 5.17. The van der Waals surface area contributed by atoms with E-state index in [9.17, 15) is 0 Å². The van der Waals surface area contributed by atoms with Gasteiger partial charge >= 0.3 is 1.41 Å². The van der Waals surface area contributed by atoms with Gasteiger partial charge in [-0.2, -0.15) is 0 Å². The highest BCUT2D eigenvalue weighted by Crippen LogP contribution is 1.45. The third-order valence-electron chi connectivity index (χ3n) is 0.963. The number of aliphatic hydroxyl groups excluding tert-OH is 2. The molecule has 0 fully saturated rings. The lowest BCUT2D eigenvalue weighted by Gasteiger charge is -2.08. The van der Waals surface area contributed by atoms with Crippen LogP contribution in [0.3, 0.4) is 0 Å². The maximum atomic E-state index is 8.41. The number of hydrogen-bond acceptors (Lipinski definition) is 2. The summed E-state index contributed by atoms with van der Waals surface area (Å²) >= 11 is 0. The van der Waals surface area contributed by atoms with E-state index in [0.29, 0.717) is 13.1 Å². The first-order chi connectivity index (χ1) is 4.12. The predicted octanol–water partition coefficient (Wildman–Crippen LogP) is -2.51. The van der Waals surface area contributed by atoms with E-state index in [2.05, 4.69) is 0 Å². The van der Waals surface area contributed by atoms with Crippen molar-refractivity contribution in [1.82, 2.24) is 0 Å². The lowest BCUT2D eigenvalue weighted by Crippen LogP contribution is -3.10. The minimum absolute atomic E-state index is 0. The van der Waals surface area contributed by atoms with Crippen LogP contribution in [0.5, 0.6) is 0 Å². The van der Waals surface area contributed by atoms with E-state index in [1.807, 2.05) is 0 Å². The van der Waals surface area contributed by atoms with Gasteiger partial charge in [-0.05, 0) is 0 Å². The Morgan fingerprint density at radius 3 is 2.00 bits per heavy atom. The normalized spacial score (nSPS) is 13.6. The molecule has 0 aliphatic rings. The van der Waals surface area contributed by atoms with Crippen LogP contribution in [0, 0.1) is 0 Å². The molecule has 50 valence electrons. The van der Waals surface area contributed by atoms with Gasteiger partial charge in [0, 0.05) is 0 Å². The van der Waals surface area contributed by atoms with Crippen LogP contribution in [-0.2, 0) is 0 Å². The molecule has 8 heavy (non-hydrogen) atoms. The Kier molecular flexibility index (Phi) is 3.77. The lowest BCUT2D eigenvalue weighted by molar-refractivity contribution is -0.880. The average molecular weight is 122 g/mol. The van der Waals surface area contributed by atoms with Crippen LogP contribution in [0.1, 0.15) is 0 Å². The molecular weight excluding hydrogens is 106 g/mol. The molecule has 0 aromatic carbocycles. The highest BCUT2D eigenvalue weighted by Gasteiger charge is 1.95. The maximum absolute atomic E-state index is 8.41. The smallest absolute Gasteiger partial charge is 0.348 e. The number of aliphatic hydroxyl groups is 2. The van der Waals surface area contributed by atoms with Gasteiger partial charge in [0.1, 0.15) is 13.1 Å². The zero-order valence-electron chi connectivity index (χ0n) is 6.17. The first-order valence-electron chi connectivity index (χ1n) is 3.16. The topological polar surface area (TPSA) is 44.9 Å². The maximum Gasteiger partial charge on any atom is 0.348 e. The Bertz CT molecular complexity index is 69.4. The molecule has 0 aromatic rings. The van der Waals surface area contributed by atoms with Crippen LogP contribution in [0.4, 0.5) is 0 Å². The summed E-state index contributed by atoms with van der Waals surface area (Å²) < 4.78 is 7.34. The van der Waals surface area contributed by atoms with E-state index >= 15 is 0 Å². The summed E-state index contributed by atoms with van der Waals surface area (Å²) in [4.78, 5) is -0.0625. The largest absolute Gasteiger partial charge is 0.391 e. The number of quaternary nitrogens is 1. The molecular formula is C5H14NO2+. The van der Waals surface area contributed by atoms with Crippen LogP contribution in [0.2, 0.25) is 1.41 Å². The molecule has 0 rings (SSSR count). The molecule has 3 N–H and O–H groups in total. The van der Waals surface area contributed by atoms with Crippen molar-refractivity contribution in [3.8, 4) is 0 Å². The van der Waals surface area contributed by atoms with Gasteiger partial charge in [-0.25, -0.2) is 0 Å². The molecule has 0 aromatic heterocycles. The summed E-state index contributed by atoms with van der Waals surface area (Å²) in [5, 5.41) is 16.8. The molecule has 0 heterocycles.